The molecule has 0 saturated carbocycles. The number of amides is 1. The average Bonchev–Trinajstić information content (AvgIpc) is 2.16. The molecule has 0 aliphatic heterocycles. The third-order valence-corrected chi connectivity index (χ3v) is 1.72. The van der Waals surface area contributed by atoms with E-state index in [1.54, 1.807) is 31.4 Å². The Bertz CT molecular complexity index is 345. The molecule has 0 bridgehead atoms. The summed E-state index contributed by atoms with van der Waals surface area (Å²) < 4.78 is 4.99. The van der Waals surface area contributed by atoms with E-state index in [0.29, 0.717) is 16.9 Å². The van der Waals surface area contributed by atoms with Crippen LogP contribution in [0.4, 0.5) is 0 Å². The van der Waals surface area contributed by atoms with Gasteiger partial charge in [-0.2, -0.15) is 0 Å². The highest BCUT2D eigenvalue weighted by atomic mass is 16.5. The Morgan fingerprint density at radius 1 is 1.54 bits per heavy atom. The summed E-state index contributed by atoms with van der Waals surface area (Å²) in [6, 6.07) is 7.04. The van der Waals surface area contributed by atoms with E-state index in [2.05, 4.69) is 6.58 Å². The zero-order chi connectivity index (χ0) is 9.84. The van der Waals surface area contributed by atoms with E-state index in [9.17, 15) is 4.79 Å². The van der Waals surface area contributed by atoms with Crippen molar-refractivity contribution in [3.05, 3.63) is 36.4 Å². The van der Waals surface area contributed by atoms with E-state index in [-0.39, 0.29) is 0 Å². The molecule has 1 aromatic rings. The number of nitrogens with two attached hydrogens (primary N) is 1. The number of hydrogen-bond acceptors (Lipinski definition) is 2. The molecule has 0 fully saturated rings. The number of rotatable bonds is 3. The van der Waals surface area contributed by atoms with Crippen LogP contribution < -0.4 is 10.5 Å². The van der Waals surface area contributed by atoms with E-state index in [4.69, 9.17) is 10.5 Å². The fourth-order valence-corrected chi connectivity index (χ4v) is 0.953. The first-order chi connectivity index (χ1) is 6.15. The lowest BCUT2D eigenvalue weighted by Gasteiger charge is -2.03. The van der Waals surface area contributed by atoms with Gasteiger partial charge in [-0.3, -0.25) is 4.79 Å². The molecule has 3 nitrogen and oxygen atoms in total. The van der Waals surface area contributed by atoms with Gasteiger partial charge < -0.3 is 10.5 Å². The van der Waals surface area contributed by atoms with Crippen molar-refractivity contribution in [1.29, 1.82) is 0 Å². The molecule has 0 aliphatic carbocycles. The maximum atomic E-state index is 10.8. The summed E-state index contributed by atoms with van der Waals surface area (Å²) in [4.78, 5) is 10.8. The number of carbonyl (C=O) groups excluding carboxylic acids is 1. The first-order valence-corrected chi connectivity index (χ1v) is 3.78. The van der Waals surface area contributed by atoms with Gasteiger partial charge in [-0.25, -0.2) is 0 Å². The zero-order valence-corrected chi connectivity index (χ0v) is 7.41. The SMILES string of the molecule is C=C(C(N)=O)c1cccc(OC)c1. The normalized spacial score (nSPS) is 9.31. The van der Waals surface area contributed by atoms with Crippen molar-refractivity contribution in [2.24, 2.45) is 5.73 Å². The Morgan fingerprint density at radius 2 is 2.23 bits per heavy atom. The molecular formula is C10H11NO2. The number of ether oxygens (including phenoxy) is 1. The molecule has 0 spiro atoms. The topological polar surface area (TPSA) is 52.3 Å². The van der Waals surface area contributed by atoms with Gasteiger partial charge in [0.1, 0.15) is 5.75 Å². The molecule has 1 amide bonds. The van der Waals surface area contributed by atoms with Crippen LogP contribution >= 0.6 is 0 Å². The molecule has 2 N–H and O–H groups in total. The second kappa shape index (κ2) is 3.76. The number of hydrogen-bond donors (Lipinski definition) is 1. The molecule has 0 unspecified atom stereocenters. The highest BCUT2D eigenvalue weighted by Gasteiger charge is 2.05. The van der Waals surface area contributed by atoms with Crippen molar-refractivity contribution >= 4 is 11.5 Å². The molecule has 1 aromatic carbocycles. The minimum absolute atomic E-state index is 0.291. The van der Waals surface area contributed by atoms with Crippen molar-refractivity contribution in [1.82, 2.24) is 0 Å². The van der Waals surface area contributed by atoms with E-state index in [0.717, 1.165) is 0 Å². The maximum absolute atomic E-state index is 10.8. The summed E-state index contributed by atoms with van der Waals surface area (Å²) in [5.74, 6) is 0.160. The third-order valence-electron chi connectivity index (χ3n) is 1.72. The Kier molecular flexibility index (Phi) is 2.69. The molecule has 0 radical (unpaired) electrons. The predicted molar refractivity (Wildman–Crippen MR) is 51.2 cm³/mol. The molecule has 0 saturated heterocycles. The summed E-state index contributed by atoms with van der Waals surface area (Å²) in [5.41, 5.74) is 6.06. The number of primary amides is 1. The molecule has 3 heteroatoms. The highest BCUT2D eigenvalue weighted by Crippen LogP contribution is 2.18. The van der Waals surface area contributed by atoms with Crippen LogP contribution in [0.15, 0.2) is 30.8 Å². The van der Waals surface area contributed by atoms with Crippen LogP contribution in [0.3, 0.4) is 0 Å². The first-order valence-electron chi connectivity index (χ1n) is 3.78. The van der Waals surface area contributed by atoms with Gasteiger partial charge in [-0.1, -0.05) is 18.7 Å². The summed E-state index contributed by atoms with van der Waals surface area (Å²) in [6.07, 6.45) is 0. The lowest BCUT2D eigenvalue weighted by molar-refractivity contribution is -0.112. The zero-order valence-electron chi connectivity index (χ0n) is 7.41. The Balaban J connectivity index is 3.02. The molecule has 0 aromatic heterocycles. The molecule has 68 valence electrons. The summed E-state index contributed by atoms with van der Waals surface area (Å²) >= 11 is 0. The van der Waals surface area contributed by atoms with Gasteiger partial charge in [0.15, 0.2) is 0 Å². The van der Waals surface area contributed by atoms with Gasteiger partial charge in [0.2, 0.25) is 5.91 Å². The van der Waals surface area contributed by atoms with Crippen LogP contribution in [-0.4, -0.2) is 13.0 Å². The molecule has 13 heavy (non-hydrogen) atoms. The summed E-state index contributed by atoms with van der Waals surface area (Å²) in [6.45, 7) is 3.57. The van der Waals surface area contributed by atoms with Crippen molar-refractivity contribution in [2.45, 2.75) is 0 Å². The fourth-order valence-electron chi connectivity index (χ4n) is 0.953. The van der Waals surface area contributed by atoms with Crippen LogP contribution in [0.5, 0.6) is 5.75 Å². The standard InChI is InChI=1S/C10H11NO2/c1-7(10(11)12)8-4-3-5-9(6-8)13-2/h3-6H,1H2,2H3,(H2,11,12). The minimum atomic E-state index is -0.520. The Labute approximate surface area is 76.8 Å². The highest BCUT2D eigenvalue weighted by molar-refractivity contribution is 6.17. The lowest BCUT2D eigenvalue weighted by atomic mass is 10.1. The predicted octanol–water partition coefficient (Wildman–Crippen LogP) is 1.19. The monoisotopic (exact) mass is 177 g/mol. The van der Waals surface area contributed by atoms with E-state index >= 15 is 0 Å². The van der Waals surface area contributed by atoms with E-state index in [1.807, 2.05) is 0 Å². The summed E-state index contributed by atoms with van der Waals surface area (Å²) in [7, 11) is 1.56. The van der Waals surface area contributed by atoms with Crippen LogP contribution in [0.2, 0.25) is 0 Å². The molecule has 0 aliphatic rings. The van der Waals surface area contributed by atoms with E-state index in [1.165, 1.54) is 0 Å². The summed E-state index contributed by atoms with van der Waals surface area (Å²) in [5, 5.41) is 0. The average molecular weight is 177 g/mol. The molecule has 1 rings (SSSR count). The number of benzene rings is 1. The van der Waals surface area contributed by atoms with Crippen LogP contribution in [-0.2, 0) is 4.79 Å². The van der Waals surface area contributed by atoms with Gasteiger partial charge in [0.25, 0.3) is 0 Å². The van der Waals surface area contributed by atoms with Gasteiger partial charge in [0, 0.05) is 5.57 Å². The van der Waals surface area contributed by atoms with Crippen molar-refractivity contribution < 1.29 is 9.53 Å². The van der Waals surface area contributed by atoms with Gasteiger partial charge in [-0.15, -0.1) is 0 Å². The van der Waals surface area contributed by atoms with Gasteiger partial charge in [0.05, 0.1) is 7.11 Å². The largest absolute Gasteiger partial charge is 0.497 e. The molecule has 0 atom stereocenters. The van der Waals surface area contributed by atoms with Crippen LogP contribution in [0.25, 0.3) is 5.57 Å². The van der Waals surface area contributed by atoms with Crippen molar-refractivity contribution in [3.63, 3.8) is 0 Å². The minimum Gasteiger partial charge on any atom is -0.497 e. The molecular weight excluding hydrogens is 166 g/mol. The van der Waals surface area contributed by atoms with Crippen LogP contribution in [0, 0.1) is 0 Å². The quantitative estimate of drug-likeness (QED) is 0.705. The third kappa shape index (κ3) is 2.08. The van der Waals surface area contributed by atoms with Crippen molar-refractivity contribution in [2.75, 3.05) is 7.11 Å². The van der Waals surface area contributed by atoms with Gasteiger partial charge in [-0.05, 0) is 17.7 Å². The smallest absolute Gasteiger partial charge is 0.248 e. The first kappa shape index (κ1) is 9.32. The van der Waals surface area contributed by atoms with Crippen LogP contribution in [0.1, 0.15) is 5.56 Å². The number of methoxy groups -OCH3 is 1. The molecule has 0 heterocycles. The number of carbonyl (C=O) groups is 1. The fraction of sp³-hybridized carbons (Fsp3) is 0.100. The van der Waals surface area contributed by atoms with E-state index < -0.39 is 5.91 Å². The Morgan fingerprint density at radius 3 is 2.77 bits per heavy atom. The van der Waals surface area contributed by atoms with Crippen molar-refractivity contribution in [3.8, 4) is 5.75 Å². The van der Waals surface area contributed by atoms with Gasteiger partial charge >= 0.3 is 0 Å². The second-order valence-electron chi connectivity index (χ2n) is 2.57. The lowest BCUT2D eigenvalue weighted by Crippen LogP contribution is -2.11. The Hall–Kier alpha value is -1.77. The second-order valence-corrected chi connectivity index (χ2v) is 2.57. The maximum Gasteiger partial charge on any atom is 0.248 e.